The first-order valence-electron chi connectivity index (χ1n) is 8.69. The van der Waals surface area contributed by atoms with Gasteiger partial charge in [0.05, 0.1) is 10.5 Å². The maximum Gasteiger partial charge on any atom is 0.258 e. The zero-order chi connectivity index (χ0) is 18.3. The molecular formula is C21H18Cl2N2O. The number of aromatic nitrogens is 1. The zero-order valence-corrected chi connectivity index (χ0v) is 15.9. The molecule has 0 spiro atoms. The van der Waals surface area contributed by atoms with Gasteiger partial charge in [0.1, 0.15) is 0 Å². The molecule has 0 N–H and O–H groups in total. The number of hydrogen-bond acceptors (Lipinski definition) is 2. The van der Waals surface area contributed by atoms with Crippen LogP contribution in [0.25, 0.3) is 10.9 Å². The predicted molar refractivity (Wildman–Crippen MR) is 108 cm³/mol. The molecule has 1 aliphatic carbocycles. The summed E-state index contributed by atoms with van der Waals surface area (Å²) in [5.74, 6) is -0.0927. The molecule has 1 aromatic heterocycles. The third kappa shape index (κ3) is 3.06. The Bertz CT molecular complexity index is 999. The standard InChI is InChI=1S/C21H18Cl2N2O/c1-25(15-9-7-14(22)8-10-15)21(26)13-6-11-17-19(12-13)24-18-5-3-2-4-16(18)20(17)23/h6-12H,2-5H2,1H3. The molecule has 26 heavy (non-hydrogen) atoms. The molecule has 0 radical (unpaired) electrons. The molecule has 0 bridgehead atoms. The van der Waals surface area contributed by atoms with Crippen molar-refractivity contribution in [3.8, 4) is 0 Å². The minimum Gasteiger partial charge on any atom is -0.311 e. The first kappa shape index (κ1) is 17.3. The fraction of sp³-hybridized carbons (Fsp3) is 0.238. The van der Waals surface area contributed by atoms with Gasteiger partial charge in [0.2, 0.25) is 0 Å². The van der Waals surface area contributed by atoms with Crippen LogP contribution in [-0.2, 0) is 12.8 Å². The van der Waals surface area contributed by atoms with Gasteiger partial charge in [-0.2, -0.15) is 0 Å². The van der Waals surface area contributed by atoms with Gasteiger partial charge in [-0.3, -0.25) is 9.78 Å². The summed E-state index contributed by atoms with van der Waals surface area (Å²) in [7, 11) is 1.75. The molecular weight excluding hydrogens is 367 g/mol. The summed E-state index contributed by atoms with van der Waals surface area (Å²) in [6, 6.07) is 12.8. The molecule has 3 aromatic rings. The first-order valence-corrected chi connectivity index (χ1v) is 9.45. The largest absolute Gasteiger partial charge is 0.311 e. The number of hydrogen-bond donors (Lipinski definition) is 0. The van der Waals surface area contributed by atoms with E-state index in [1.165, 1.54) is 5.56 Å². The molecule has 0 atom stereocenters. The highest BCUT2D eigenvalue weighted by molar-refractivity contribution is 6.36. The molecule has 1 amide bonds. The van der Waals surface area contributed by atoms with E-state index in [0.29, 0.717) is 10.6 Å². The number of rotatable bonds is 2. The topological polar surface area (TPSA) is 33.2 Å². The summed E-state index contributed by atoms with van der Waals surface area (Å²) >= 11 is 12.5. The average molecular weight is 385 g/mol. The van der Waals surface area contributed by atoms with Crippen LogP contribution in [0.5, 0.6) is 0 Å². The first-order chi connectivity index (χ1) is 12.5. The quantitative estimate of drug-likeness (QED) is 0.567. The Morgan fingerprint density at radius 2 is 1.77 bits per heavy atom. The lowest BCUT2D eigenvalue weighted by Gasteiger charge is -2.19. The van der Waals surface area contributed by atoms with Crippen molar-refractivity contribution in [3.05, 3.63) is 69.3 Å². The number of carbonyl (C=O) groups excluding carboxylic acids is 1. The van der Waals surface area contributed by atoms with Crippen LogP contribution in [0.4, 0.5) is 5.69 Å². The van der Waals surface area contributed by atoms with Crippen LogP contribution in [0.3, 0.4) is 0 Å². The van der Waals surface area contributed by atoms with Crippen molar-refractivity contribution < 1.29 is 4.79 Å². The molecule has 1 aliphatic rings. The highest BCUT2D eigenvalue weighted by Gasteiger charge is 2.19. The summed E-state index contributed by atoms with van der Waals surface area (Å²) in [6.45, 7) is 0. The van der Waals surface area contributed by atoms with Crippen molar-refractivity contribution in [1.82, 2.24) is 4.98 Å². The lowest BCUT2D eigenvalue weighted by Crippen LogP contribution is -2.26. The Morgan fingerprint density at radius 1 is 1.04 bits per heavy atom. The maximum absolute atomic E-state index is 12.9. The highest BCUT2D eigenvalue weighted by Crippen LogP contribution is 2.33. The number of fused-ring (bicyclic) bond motifs is 2. The van der Waals surface area contributed by atoms with E-state index in [1.54, 1.807) is 24.1 Å². The van der Waals surface area contributed by atoms with Gasteiger partial charge in [0, 0.05) is 34.4 Å². The highest BCUT2D eigenvalue weighted by atomic mass is 35.5. The number of anilines is 1. The summed E-state index contributed by atoms with van der Waals surface area (Å²) in [5.41, 5.74) is 4.41. The van der Waals surface area contributed by atoms with Gasteiger partial charge in [-0.25, -0.2) is 0 Å². The van der Waals surface area contributed by atoms with Gasteiger partial charge >= 0.3 is 0 Å². The number of carbonyl (C=O) groups is 1. The molecule has 0 unspecified atom stereocenters. The maximum atomic E-state index is 12.9. The van der Waals surface area contributed by atoms with Crippen molar-refractivity contribution in [1.29, 1.82) is 0 Å². The Labute approximate surface area is 162 Å². The van der Waals surface area contributed by atoms with Crippen LogP contribution in [0, 0.1) is 0 Å². The number of pyridine rings is 1. The number of aryl methyl sites for hydroxylation is 1. The molecule has 2 aromatic carbocycles. The second kappa shape index (κ2) is 6.90. The van der Waals surface area contributed by atoms with E-state index < -0.39 is 0 Å². The molecule has 0 aliphatic heterocycles. The van der Waals surface area contributed by atoms with Crippen molar-refractivity contribution >= 4 is 45.7 Å². The minimum atomic E-state index is -0.0927. The lowest BCUT2D eigenvalue weighted by molar-refractivity contribution is 0.0993. The second-order valence-electron chi connectivity index (χ2n) is 6.63. The average Bonchev–Trinajstić information content (AvgIpc) is 2.67. The van der Waals surface area contributed by atoms with Crippen LogP contribution < -0.4 is 4.90 Å². The lowest BCUT2D eigenvalue weighted by atomic mass is 9.94. The molecule has 132 valence electrons. The molecule has 0 fully saturated rings. The number of benzene rings is 2. The molecule has 0 saturated carbocycles. The minimum absolute atomic E-state index is 0.0927. The molecule has 0 saturated heterocycles. The van der Waals surface area contributed by atoms with Gasteiger partial charge in [-0.1, -0.05) is 29.3 Å². The van der Waals surface area contributed by atoms with Crippen molar-refractivity contribution in [2.45, 2.75) is 25.7 Å². The molecule has 1 heterocycles. The fourth-order valence-corrected chi connectivity index (χ4v) is 3.96. The van der Waals surface area contributed by atoms with E-state index in [0.717, 1.165) is 53.0 Å². The smallest absolute Gasteiger partial charge is 0.258 e. The van der Waals surface area contributed by atoms with Gasteiger partial charge in [0.15, 0.2) is 0 Å². The van der Waals surface area contributed by atoms with Crippen LogP contribution in [0.1, 0.15) is 34.5 Å². The van der Waals surface area contributed by atoms with Crippen molar-refractivity contribution in [3.63, 3.8) is 0 Å². The van der Waals surface area contributed by atoms with E-state index in [-0.39, 0.29) is 5.91 Å². The second-order valence-corrected chi connectivity index (χ2v) is 7.45. The fourth-order valence-electron chi connectivity index (χ4n) is 3.48. The Hall–Kier alpha value is -2.10. The van der Waals surface area contributed by atoms with Crippen molar-refractivity contribution in [2.24, 2.45) is 0 Å². The Morgan fingerprint density at radius 3 is 2.54 bits per heavy atom. The van der Waals surface area contributed by atoms with Gasteiger partial charge in [0.25, 0.3) is 5.91 Å². The van der Waals surface area contributed by atoms with Crippen LogP contribution in [-0.4, -0.2) is 17.9 Å². The summed E-state index contributed by atoms with van der Waals surface area (Å²) < 4.78 is 0. The van der Waals surface area contributed by atoms with Gasteiger partial charge in [-0.15, -0.1) is 0 Å². The molecule has 3 nitrogen and oxygen atoms in total. The summed E-state index contributed by atoms with van der Waals surface area (Å²) in [6.07, 6.45) is 4.23. The number of amides is 1. The zero-order valence-electron chi connectivity index (χ0n) is 14.4. The number of nitrogens with zero attached hydrogens (tertiary/aromatic N) is 2. The van der Waals surface area contributed by atoms with Crippen LogP contribution in [0.15, 0.2) is 42.5 Å². The van der Waals surface area contributed by atoms with Gasteiger partial charge in [-0.05, 0) is 67.6 Å². The molecule has 5 heteroatoms. The van der Waals surface area contributed by atoms with E-state index in [4.69, 9.17) is 28.2 Å². The van der Waals surface area contributed by atoms with Gasteiger partial charge < -0.3 is 4.90 Å². The van der Waals surface area contributed by atoms with E-state index in [9.17, 15) is 4.79 Å². The number of halogens is 2. The van der Waals surface area contributed by atoms with E-state index in [1.807, 2.05) is 30.3 Å². The normalized spacial score (nSPS) is 13.5. The Balaban J connectivity index is 1.72. The Kier molecular flexibility index (Phi) is 4.60. The predicted octanol–water partition coefficient (Wildman–Crippen LogP) is 5.70. The SMILES string of the molecule is CN(C(=O)c1ccc2c(Cl)c3c(nc2c1)CCCC3)c1ccc(Cl)cc1. The third-order valence-corrected chi connectivity index (χ3v) is 5.64. The van der Waals surface area contributed by atoms with Crippen LogP contribution >= 0.6 is 23.2 Å². The summed E-state index contributed by atoms with van der Waals surface area (Å²) in [5, 5.41) is 2.34. The monoisotopic (exact) mass is 384 g/mol. The summed E-state index contributed by atoms with van der Waals surface area (Å²) in [4.78, 5) is 19.3. The van der Waals surface area contributed by atoms with Crippen molar-refractivity contribution in [2.75, 3.05) is 11.9 Å². The third-order valence-electron chi connectivity index (χ3n) is 4.96. The van der Waals surface area contributed by atoms with E-state index >= 15 is 0 Å². The van der Waals surface area contributed by atoms with E-state index in [2.05, 4.69) is 0 Å². The van der Waals surface area contributed by atoms with Crippen LogP contribution in [0.2, 0.25) is 10.0 Å². The molecule has 4 rings (SSSR count).